The van der Waals surface area contributed by atoms with Crippen LogP contribution in [0, 0.1) is 17.7 Å². The molecule has 2 aromatic rings. The lowest BCUT2D eigenvalue weighted by molar-refractivity contribution is 0.144. The van der Waals surface area contributed by atoms with Gasteiger partial charge in [-0.05, 0) is 87.7 Å². The Balaban J connectivity index is 1.60. The van der Waals surface area contributed by atoms with E-state index in [2.05, 4.69) is 23.9 Å². The molecular weight excluding hydrogens is 339 g/mol. The van der Waals surface area contributed by atoms with Gasteiger partial charge in [-0.25, -0.2) is 4.39 Å². The lowest BCUT2D eigenvalue weighted by Gasteiger charge is -2.37. The smallest absolute Gasteiger partial charge is 0.123 e. The molecule has 0 radical (unpaired) electrons. The van der Waals surface area contributed by atoms with Gasteiger partial charge in [0.2, 0.25) is 0 Å². The third-order valence-electron chi connectivity index (χ3n) is 7.71. The standard InChI is InChI=1S/C23H31FN2O/c1-15(16-8-11-27-14-16)22-20(19-12-18(24)6-7-21(19)25-22)13-23(17-4-5-17)9-3-10-26(23)2/h6-7,12,15-17,25H,3-5,8-11,13-14H2,1-2H3/t15-,16-,23+/m0/s1. The average molecular weight is 371 g/mol. The number of aromatic amines is 1. The number of rotatable bonds is 5. The van der Waals surface area contributed by atoms with Crippen molar-refractivity contribution in [1.29, 1.82) is 0 Å². The van der Waals surface area contributed by atoms with Gasteiger partial charge in [-0.1, -0.05) is 6.92 Å². The first-order chi connectivity index (χ1) is 13.1. The second-order valence-electron chi connectivity index (χ2n) is 9.20. The quantitative estimate of drug-likeness (QED) is 0.814. The van der Waals surface area contributed by atoms with Crippen LogP contribution in [0.5, 0.6) is 0 Å². The maximum Gasteiger partial charge on any atom is 0.123 e. The molecule has 3 aliphatic rings. The highest BCUT2D eigenvalue weighted by molar-refractivity contribution is 5.85. The Bertz CT molecular complexity index is 836. The van der Waals surface area contributed by atoms with E-state index in [1.54, 1.807) is 12.1 Å². The molecule has 0 unspecified atom stereocenters. The Morgan fingerprint density at radius 3 is 2.85 bits per heavy atom. The summed E-state index contributed by atoms with van der Waals surface area (Å²) in [5.41, 5.74) is 4.04. The van der Waals surface area contributed by atoms with Crippen LogP contribution in [0.2, 0.25) is 0 Å². The monoisotopic (exact) mass is 370 g/mol. The van der Waals surface area contributed by atoms with Gasteiger partial charge in [0, 0.05) is 34.7 Å². The third kappa shape index (κ3) is 2.92. The minimum Gasteiger partial charge on any atom is -0.381 e. The molecule has 5 rings (SSSR count). The zero-order valence-corrected chi connectivity index (χ0v) is 16.6. The van der Waals surface area contributed by atoms with Crippen molar-refractivity contribution in [3.8, 4) is 0 Å². The van der Waals surface area contributed by atoms with Crippen LogP contribution in [0.3, 0.4) is 0 Å². The lowest BCUT2D eigenvalue weighted by atomic mass is 9.80. The predicted octanol–water partition coefficient (Wildman–Crippen LogP) is 4.86. The van der Waals surface area contributed by atoms with E-state index in [0.29, 0.717) is 11.8 Å². The fourth-order valence-electron chi connectivity index (χ4n) is 5.85. The molecule has 0 amide bonds. The van der Waals surface area contributed by atoms with Crippen LogP contribution in [-0.2, 0) is 11.2 Å². The van der Waals surface area contributed by atoms with Gasteiger partial charge in [-0.3, -0.25) is 0 Å². The molecular formula is C23H31FN2O. The number of fused-ring (bicyclic) bond motifs is 1. The van der Waals surface area contributed by atoms with Crippen LogP contribution in [0.4, 0.5) is 4.39 Å². The summed E-state index contributed by atoms with van der Waals surface area (Å²) < 4.78 is 19.8. The van der Waals surface area contributed by atoms with E-state index in [1.165, 1.54) is 43.5 Å². The zero-order chi connectivity index (χ0) is 18.6. The molecule has 146 valence electrons. The molecule has 1 N–H and O–H groups in total. The normalized spacial score (nSPS) is 30.4. The highest BCUT2D eigenvalue weighted by Gasteiger charge is 2.50. The van der Waals surface area contributed by atoms with Crippen LogP contribution in [-0.4, -0.2) is 42.2 Å². The maximum atomic E-state index is 14.1. The van der Waals surface area contributed by atoms with Crippen molar-refractivity contribution in [1.82, 2.24) is 9.88 Å². The van der Waals surface area contributed by atoms with E-state index < -0.39 is 0 Å². The summed E-state index contributed by atoms with van der Waals surface area (Å²) >= 11 is 0. The SMILES string of the molecule is C[C@H](c1[nH]c2ccc(F)cc2c1C[C@@]1(C2CC2)CCCN1C)[C@H]1CCOC1. The second-order valence-corrected chi connectivity index (χ2v) is 9.20. The first-order valence-electron chi connectivity index (χ1n) is 10.7. The van der Waals surface area contributed by atoms with Crippen LogP contribution in [0.25, 0.3) is 10.9 Å². The molecule has 3 nitrogen and oxygen atoms in total. The van der Waals surface area contributed by atoms with E-state index in [-0.39, 0.29) is 11.4 Å². The number of hydrogen-bond donors (Lipinski definition) is 1. The van der Waals surface area contributed by atoms with E-state index >= 15 is 0 Å². The molecule has 2 saturated heterocycles. The van der Waals surface area contributed by atoms with E-state index in [4.69, 9.17) is 4.74 Å². The van der Waals surface area contributed by atoms with Gasteiger partial charge >= 0.3 is 0 Å². The highest BCUT2D eigenvalue weighted by Crippen LogP contribution is 2.51. The molecule has 3 heterocycles. The summed E-state index contributed by atoms with van der Waals surface area (Å²) in [6.07, 6.45) is 7.43. The Hall–Kier alpha value is -1.39. The molecule has 1 saturated carbocycles. The Morgan fingerprint density at radius 2 is 2.19 bits per heavy atom. The maximum absolute atomic E-state index is 14.1. The van der Waals surface area contributed by atoms with Crippen LogP contribution >= 0.6 is 0 Å². The van der Waals surface area contributed by atoms with Crippen LogP contribution in [0.1, 0.15) is 56.2 Å². The fourth-order valence-corrected chi connectivity index (χ4v) is 5.85. The van der Waals surface area contributed by atoms with Gasteiger partial charge in [0.1, 0.15) is 5.82 Å². The first-order valence-corrected chi connectivity index (χ1v) is 10.7. The van der Waals surface area contributed by atoms with Crippen molar-refractivity contribution in [2.45, 2.75) is 56.9 Å². The number of hydrogen-bond acceptors (Lipinski definition) is 2. The Morgan fingerprint density at radius 1 is 1.33 bits per heavy atom. The number of nitrogens with zero attached hydrogens (tertiary/aromatic N) is 1. The molecule has 1 aliphatic carbocycles. The van der Waals surface area contributed by atoms with Crippen LogP contribution in [0.15, 0.2) is 18.2 Å². The second kappa shape index (κ2) is 6.59. The summed E-state index contributed by atoms with van der Waals surface area (Å²) in [7, 11) is 2.30. The molecule has 1 aromatic heterocycles. The van der Waals surface area contributed by atoms with Crippen LogP contribution < -0.4 is 0 Å². The van der Waals surface area contributed by atoms with Crippen molar-refractivity contribution in [3.05, 3.63) is 35.3 Å². The molecule has 4 heteroatoms. The minimum absolute atomic E-state index is 0.133. The van der Waals surface area contributed by atoms with Crippen molar-refractivity contribution in [2.75, 3.05) is 26.8 Å². The summed E-state index contributed by atoms with van der Waals surface area (Å²) in [5, 5.41) is 1.09. The molecule has 3 fully saturated rings. The molecule has 2 aliphatic heterocycles. The summed E-state index contributed by atoms with van der Waals surface area (Å²) in [5.74, 6) is 1.65. The summed E-state index contributed by atoms with van der Waals surface area (Å²) in [6.45, 7) is 5.23. The summed E-state index contributed by atoms with van der Waals surface area (Å²) in [6, 6.07) is 5.24. The largest absolute Gasteiger partial charge is 0.381 e. The number of halogens is 1. The lowest BCUT2D eigenvalue weighted by Crippen LogP contribution is -2.45. The number of likely N-dealkylation sites (tertiary alicyclic amines) is 1. The highest BCUT2D eigenvalue weighted by atomic mass is 19.1. The number of aromatic nitrogens is 1. The number of ether oxygens (including phenoxy) is 1. The van der Waals surface area contributed by atoms with E-state index in [1.807, 2.05) is 6.07 Å². The fraction of sp³-hybridized carbons (Fsp3) is 0.652. The van der Waals surface area contributed by atoms with Crippen molar-refractivity contribution in [2.24, 2.45) is 11.8 Å². The molecule has 27 heavy (non-hydrogen) atoms. The zero-order valence-electron chi connectivity index (χ0n) is 16.6. The minimum atomic E-state index is -0.133. The molecule has 0 spiro atoms. The summed E-state index contributed by atoms with van der Waals surface area (Å²) in [4.78, 5) is 6.30. The van der Waals surface area contributed by atoms with Gasteiger partial charge in [0.25, 0.3) is 0 Å². The topological polar surface area (TPSA) is 28.3 Å². The number of benzene rings is 1. The van der Waals surface area contributed by atoms with E-state index in [9.17, 15) is 4.39 Å². The molecule has 0 bridgehead atoms. The number of nitrogens with one attached hydrogen (secondary N) is 1. The Kier molecular flexibility index (Phi) is 4.32. The molecule has 1 aromatic carbocycles. The van der Waals surface area contributed by atoms with Gasteiger partial charge in [0.05, 0.1) is 6.61 Å². The van der Waals surface area contributed by atoms with Gasteiger partial charge in [-0.15, -0.1) is 0 Å². The van der Waals surface area contributed by atoms with E-state index in [0.717, 1.165) is 42.9 Å². The Labute approximate surface area is 161 Å². The van der Waals surface area contributed by atoms with Crippen molar-refractivity contribution in [3.63, 3.8) is 0 Å². The van der Waals surface area contributed by atoms with Gasteiger partial charge in [0.15, 0.2) is 0 Å². The molecule has 3 atom stereocenters. The number of H-pyrrole nitrogens is 1. The average Bonchev–Trinajstić information content (AvgIpc) is 3.10. The van der Waals surface area contributed by atoms with Gasteiger partial charge < -0.3 is 14.6 Å². The van der Waals surface area contributed by atoms with Crippen molar-refractivity contribution < 1.29 is 9.13 Å². The third-order valence-corrected chi connectivity index (χ3v) is 7.71. The van der Waals surface area contributed by atoms with Crippen molar-refractivity contribution >= 4 is 10.9 Å². The predicted molar refractivity (Wildman–Crippen MR) is 107 cm³/mol. The van der Waals surface area contributed by atoms with Gasteiger partial charge in [-0.2, -0.15) is 0 Å². The number of likely N-dealkylation sites (N-methyl/N-ethyl adjacent to an activating group) is 1. The first kappa shape index (κ1) is 17.7.